The molecule has 1 saturated heterocycles. The van der Waals surface area contributed by atoms with E-state index in [2.05, 4.69) is 15.9 Å². The van der Waals surface area contributed by atoms with Crippen LogP contribution in [-0.4, -0.2) is 45.2 Å². The lowest BCUT2D eigenvalue weighted by Crippen LogP contribution is -2.48. The molecule has 0 aliphatic carbocycles. The standard InChI is InChI=1S/C11H15BrFN3O2S/c1-19(17,18)16-4-2-15(3-5-16)11-6-8(12)9(13)7-10(11)14/h6-7H,2-5,14H2,1H3. The minimum Gasteiger partial charge on any atom is -0.397 e. The van der Waals surface area contributed by atoms with E-state index in [0.29, 0.717) is 36.3 Å². The van der Waals surface area contributed by atoms with Gasteiger partial charge in [0.1, 0.15) is 5.82 Å². The number of nitrogens with zero attached hydrogens (tertiary/aromatic N) is 2. The van der Waals surface area contributed by atoms with E-state index in [1.165, 1.54) is 16.6 Å². The molecule has 0 amide bonds. The number of hydrogen-bond donors (Lipinski definition) is 1. The molecule has 0 spiro atoms. The van der Waals surface area contributed by atoms with Gasteiger partial charge in [-0.15, -0.1) is 0 Å². The molecule has 8 heteroatoms. The average Bonchev–Trinajstić information content (AvgIpc) is 2.33. The van der Waals surface area contributed by atoms with Crippen LogP contribution in [0.3, 0.4) is 0 Å². The van der Waals surface area contributed by atoms with Crippen LogP contribution in [0.15, 0.2) is 16.6 Å². The number of sulfonamides is 1. The van der Waals surface area contributed by atoms with E-state index in [9.17, 15) is 12.8 Å². The summed E-state index contributed by atoms with van der Waals surface area (Å²) >= 11 is 3.13. The Bertz CT molecular complexity index is 586. The van der Waals surface area contributed by atoms with Crippen molar-refractivity contribution in [3.63, 3.8) is 0 Å². The van der Waals surface area contributed by atoms with Crippen molar-refractivity contribution in [1.29, 1.82) is 0 Å². The highest BCUT2D eigenvalue weighted by Gasteiger charge is 2.24. The summed E-state index contributed by atoms with van der Waals surface area (Å²) in [6, 6.07) is 2.89. The Hall–Kier alpha value is -0.860. The lowest BCUT2D eigenvalue weighted by Gasteiger charge is -2.35. The van der Waals surface area contributed by atoms with Crippen LogP contribution in [0.1, 0.15) is 0 Å². The first kappa shape index (κ1) is 14.5. The molecule has 1 aliphatic heterocycles. The molecule has 1 aliphatic rings. The molecule has 1 fully saturated rings. The molecule has 2 rings (SSSR count). The smallest absolute Gasteiger partial charge is 0.211 e. The lowest BCUT2D eigenvalue weighted by atomic mass is 10.2. The second-order valence-electron chi connectivity index (χ2n) is 4.47. The molecule has 0 aromatic heterocycles. The fraction of sp³-hybridized carbons (Fsp3) is 0.455. The number of piperazine rings is 1. The maximum atomic E-state index is 13.3. The summed E-state index contributed by atoms with van der Waals surface area (Å²) in [4.78, 5) is 1.96. The third kappa shape index (κ3) is 3.18. The van der Waals surface area contributed by atoms with Crippen molar-refractivity contribution < 1.29 is 12.8 Å². The first-order valence-electron chi connectivity index (χ1n) is 5.73. The number of benzene rings is 1. The fourth-order valence-corrected chi connectivity index (χ4v) is 3.24. The molecule has 1 heterocycles. The van der Waals surface area contributed by atoms with Gasteiger partial charge in [0.25, 0.3) is 0 Å². The van der Waals surface area contributed by atoms with Gasteiger partial charge in [-0.25, -0.2) is 12.8 Å². The Morgan fingerprint density at radius 3 is 2.37 bits per heavy atom. The molecular formula is C11H15BrFN3O2S. The van der Waals surface area contributed by atoms with Crippen LogP contribution in [0, 0.1) is 5.82 Å². The van der Waals surface area contributed by atoms with Crippen LogP contribution < -0.4 is 10.6 Å². The van der Waals surface area contributed by atoms with Gasteiger partial charge >= 0.3 is 0 Å². The van der Waals surface area contributed by atoms with Gasteiger partial charge in [0.2, 0.25) is 10.0 Å². The quantitative estimate of drug-likeness (QED) is 0.814. The van der Waals surface area contributed by atoms with Crippen LogP contribution in [0.4, 0.5) is 15.8 Å². The van der Waals surface area contributed by atoms with Crippen LogP contribution in [-0.2, 0) is 10.0 Å². The molecule has 5 nitrogen and oxygen atoms in total. The number of nitrogen functional groups attached to an aromatic ring is 1. The zero-order valence-electron chi connectivity index (χ0n) is 10.4. The molecule has 0 radical (unpaired) electrons. The van der Waals surface area contributed by atoms with E-state index in [1.807, 2.05) is 4.90 Å². The van der Waals surface area contributed by atoms with Crippen LogP contribution >= 0.6 is 15.9 Å². The predicted molar refractivity (Wildman–Crippen MR) is 77.1 cm³/mol. The van der Waals surface area contributed by atoms with Gasteiger partial charge in [-0.2, -0.15) is 4.31 Å². The highest BCUT2D eigenvalue weighted by atomic mass is 79.9. The van der Waals surface area contributed by atoms with Gasteiger partial charge in [-0.1, -0.05) is 0 Å². The Balaban J connectivity index is 2.16. The van der Waals surface area contributed by atoms with Gasteiger partial charge in [0.05, 0.1) is 22.1 Å². The van der Waals surface area contributed by atoms with Crippen LogP contribution in [0.25, 0.3) is 0 Å². The summed E-state index contributed by atoms with van der Waals surface area (Å²) in [6.45, 7) is 1.89. The van der Waals surface area contributed by atoms with Crippen molar-refractivity contribution in [3.05, 3.63) is 22.4 Å². The Kier molecular flexibility index (Phi) is 4.03. The first-order valence-corrected chi connectivity index (χ1v) is 8.38. The molecule has 0 bridgehead atoms. The van der Waals surface area contributed by atoms with E-state index in [-0.39, 0.29) is 0 Å². The SMILES string of the molecule is CS(=O)(=O)N1CCN(c2cc(Br)c(F)cc2N)CC1. The maximum Gasteiger partial charge on any atom is 0.211 e. The zero-order chi connectivity index (χ0) is 14.2. The Labute approximate surface area is 120 Å². The molecule has 0 atom stereocenters. The van der Waals surface area contributed by atoms with Gasteiger partial charge in [-0.3, -0.25) is 0 Å². The second kappa shape index (κ2) is 5.26. The Morgan fingerprint density at radius 1 is 1.26 bits per heavy atom. The van der Waals surface area contributed by atoms with Gasteiger partial charge in [0, 0.05) is 32.2 Å². The first-order chi connectivity index (χ1) is 8.79. The summed E-state index contributed by atoms with van der Waals surface area (Å²) in [5, 5.41) is 0. The van der Waals surface area contributed by atoms with E-state index < -0.39 is 15.8 Å². The monoisotopic (exact) mass is 351 g/mol. The molecule has 2 N–H and O–H groups in total. The molecular weight excluding hydrogens is 337 g/mol. The van der Waals surface area contributed by atoms with Crippen molar-refractivity contribution in [2.45, 2.75) is 0 Å². The third-order valence-electron chi connectivity index (χ3n) is 3.12. The number of nitrogens with two attached hydrogens (primary N) is 1. The molecule has 0 unspecified atom stereocenters. The highest BCUT2D eigenvalue weighted by Crippen LogP contribution is 2.30. The van der Waals surface area contributed by atoms with E-state index in [4.69, 9.17) is 5.73 Å². The van der Waals surface area contributed by atoms with Crippen molar-refractivity contribution >= 4 is 37.3 Å². The largest absolute Gasteiger partial charge is 0.397 e. The van der Waals surface area contributed by atoms with Crippen LogP contribution in [0.2, 0.25) is 0 Å². The number of halogens is 2. The topological polar surface area (TPSA) is 66.6 Å². The zero-order valence-corrected chi connectivity index (χ0v) is 12.8. The van der Waals surface area contributed by atoms with Crippen molar-refractivity contribution in [2.24, 2.45) is 0 Å². The van der Waals surface area contributed by atoms with Crippen LogP contribution in [0.5, 0.6) is 0 Å². The summed E-state index contributed by atoms with van der Waals surface area (Å²) in [5.74, 6) is -0.406. The van der Waals surface area contributed by atoms with Crippen molar-refractivity contribution in [2.75, 3.05) is 43.1 Å². The Morgan fingerprint density at radius 2 is 1.84 bits per heavy atom. The average molecular weight is 352 g/mol. The third-order valence-corrected chi connectivity index (χ3v) is 5.03. The predicted octanol–water partition coefficient (Wildman–Crippen LogP) is 1.25. The van der Waals surface area contributed by atoms with Crippen molar-refractivity contribution in [1.82, 2.24) is 4.31 Å². The lowest BCUT2D eigenvalue weighted by molar-refractivity contribution is 0.388. The maximum absolute atomic E-state index is 13.3. The van der Waals surface area contributed by atoms with Crippen molar-refractivity contribution in [3.8, 4) is 0 Å². The minimum absolute atomic E-state index is 0.349. The summed E-state index contributed by atoms with van der Waals surface area (Å²) < 4.78 is 37.9. The number of hydrogen-bond acceptors (Lipinski definition) is 4. The molecule has 19 heavy (non-hydrogen) atoms. The fourth-order valence-electron chi connectivity index (χ4n) is 2.09. The van der Waals surface area contributed by atoms with E-state index >= 15 is 0 Å². The van der Waals surface area contributed by atoms with E-state index in [1.54, 1.807) is 6.07 Å². The number of rotatable bonds is 2. The second-order valence-corrected chi connectivity index (χ2v) is 7.31. The molecule has 106 valence electrons. The summed E-state index contributed by atoms with van der Waals surface area (Å²) in [5.41, 5.74) is 6.89. The van der Waals surface area contributed by atoms with E-state index in [0.717, 1.165) is 5.69 Å². The normalized spacial score (nSPS) is 17.7. The van der Waals surface area contributed by atoms with Gasteiger partial charge < -0.3 is 10.6 Å². The molecule has 0 saturated carbocycles. The van der Waals surface area contributed by atoms with Gasteiger partial charge in [-0.05, 0) is 22.0 Å². The minimum atomic E-state index is -3.15. The van der Waals surface area contributed by atoms with Gasteiger partial charge in [0.15, 0.2) is 0 Å². The number of anilines is 2. The summed E-state index contributed by atoms with van der Waals surface area (Å²) in [7, 11) is -3.15. The molecule has 1 aromatic carbocycles. The summed E-state index contributed by atoms with van der Waals surface area (Å²) in [6.07, 6.45) is 1.20. The molecule has 1 aromatic rings. The highest BCUT2D eigenvalue weighted by molar-refractivity contribution is 9.10.